The molecule has 176 valence electrons. The molecule has 0 aliphatic carbocycles. The van der Waals surface area contributed by atoms with E-state index >= 15 is 0 Å². The van der Waals surface area contributed by atoms with Crippen LogP contribution < -0.4 is 5.32 Å². The van der Waals surface area contributed by atoms with Crippen LogP contribution in [-0.4, -0.2) is 51.2 Å². The molecule has 0 aliphatic rings. The van der Waals surface area contributed by atoms with E-state index < -0.39 is 0 Å². The molecule has 3 aromatic heterocycles. The van der Waals surface area contributed by atoms with Crippen molar-refractivity contribution in [1.29, 1.82) is 0 Å². The standard InChI is InChI=1S/C28H28N6O/c1-33(2)13-12-20-8-10-22(11-9-20)23-14-25-26(17-30-27(25)29-15-23)32-28(35)24-16-31-34(19-24)18-21-6-4-3-5-7-21/h3-11,14-17,19H,12-13,18H2,1-2H3,(H,29,30)(H,32,35). The fourth-order valence-electron chi connectivity index (χ4n) is 4.01. The van der Waals surface area contributed by atoms with Gasteiger partial charge in [0.15, 0.2) is 0 Å². The molecule has 0 fully saturated rings. The van der Waals surface area contributed by atoms with Gasteiger partial charge in [-0.15, -0.1) is 0 Å². The lowest BCUT2D eigenvalue weighted by molar-refractivity contribution is 0.102. The van der Waals surface area contributed by atoms with Gasteiger partial charge in [-0.05, 0) is 43.3 Å². The highest BCUT2D eigenvalue weighted by molar-refractivity contribution is 6.08. The summed E-state index contributed by atoms with van der Waals surface area (Å²) in [5.41, 5.74) is 6.45. The summed E-state index contributed by atoms with van der Waals surface area (Å²) in [6.07, 6.45) is 8.00. The first-order valence-corrected chi connectivity index (χ1v) is 11.6. The third-order valence-electron chi connectivity index (χ3n) is 6.00. The number of fused-ring (bicyclic) bond motifs is 1. The molecule has 0 saturated carbocycles. The highest BCUT2D eigenvalue weighted by Gasteiger charge is 2.13. The van der Waals surface area contributed by atoms with Crippen molar-refractivity contribution in [1.82, 2.24) is 24.6 Å². The Labute approximate surface area is 204 Å². The van der Waals surface area contributed by atoms with Crippen molar-refractivity contribution in [2.45, 2.75) is 13.0 Å². The number of nitrogens with one attached hydrogen (secondary N) is 2. The smallest absolute Gasteiger partial charge is 0.258 e. The van der Waals surface area contributed by atoms with Crippen molar-refractivity contribution >= 4 is 22.6 Å². The highest BCUT2D eigenvalue weighted by atomic mass is 16.1. The van der Waals surface area contributed by atoms with E-state index in [2.05, 4.69) is 69.7 Å². The fraction of sp³-hybridized carbons (Fsp3) is 0.179. The third-order valence-corrected chi connectivity index (χ3v) is 6.00. The van der Waals surface area contributed by atoms with Gasteiger partial charge < -0.3 is 15.2 Å². The summed E-state index contributed by atoms with van der Waals surface area (Å²) < 4.78 is 1.77. The van der Waals surface area contributed by atoms with Gasteiger partial charge >= 0.3 is 0 Å². The van der Waals surface area contributed by atoms with E-state index in [1.54, 1.807) is 23.3 Å². The summed E-state index contributed by atoms with van der Waals surface area (Å²) in [5, 5.41) is 8.21. The number of aromatic nitrogens is 4. The van der Waals surface area contributed by atoms with E-state index in [1.165, 1.54) is 5.56 Å². The van der Waals surface area contributed by atoms with Crippen LogP contribution in [0.3, 0.4) is 0 Å². The number of benzene rings is 2. The molecule has 1 amide bonds. The van der Waals surface area contributed by atoms with Crippen LogP contribution in [0.4, 0.5) is 5.69 Å². The number of anilines is 1. The van der Waals surface area contributed by atoms with Crippen LogP contribution in [0.15, 0.2) is 85.5 Å². The Morgan fingerprint density at radius 3 is 2.57 bits per heavy atom. The lowest BCUT2D eigenvalue weighted by Gasteiger charge is -2.10. The van der Waals surface area contributed by atoms with Gasteiger partial charge in [-0.2, -0.15) is 5.10 Å². The molecular weight excluding hydrogens is 436 g/mol. The average molecular weight is 465 g/mol. The molecule has 0 unspecified atom stereocenters. The maximum absolute atomic E-state index is 12.9. The second-order valence-corrected chi connectivity index (χ2v) is 8.94. The minimum atomic E-state index is -0.208. The first kappa shape index (κ1) is 22.6. The highest BCUT2D eigenvalue weighted by Crippen LogP contribution is 2.28. The van der Waals surface area contributed by atoms with Crippen molar-refractivity contribution in [3.8, 4) is 11.1 Å². The van der Waals surface area contributed by atoms with Crippen LogP contribution in [0.25, 0.3) is 22.2 Å². The minimum Gasteiger partial charge on any atom is -0.344 e. The predicted molar refractivity (Wildman–Crippen MR) is 140 cm³/mol. The molecule has 0 aliphatic heterocycles. The maximum Gasteiger partial charge on any atom is 0.258 e. The molecule has 0 bridgehead atoms. The van der Waals surface area contributed by atoms with Crippen molar-refractivity contribution in [3.05, 3.63) is 102 Å². The van der Waals surface area contributed by atoms with Crippen molar-refractivity contribution in [2.75, 3.05) is 26.0 Å². The zero-order chi connectivity index (χ0) is 24.2. The number of amides is 1. The summed E-state index contributed by atoms with van der Waals surface area (Å²) in [6, 6.07) is 20.7. The molecule has 0 spiro atoms. The number of carbonyl (C=O) groups is 1. The van der Waals surface area contributed by atoms with E-state index in [1.807, 2.05) is 36.5 Å². The number of rotatable bonds is 8. The van der Waals surface area contributed by atoms with Gasteiger partial charge in [-0.25, -0.2) is 4.98 Å². The van der Waals surface area contributed by atoms with Gasteiger partial charge in [-0.3, -0.25) is 9.48 Å². The number of likely N-dealkylation sites (N-methyl/N-ethyl adjacent to an activating group) is 1. The Morgan fingerprint density at radius 1 is 1.00 bits per heavy atom. The zero-order valence-electron chi connectivity index (χ0n) is 19.9. The second kappa shape index (κ2) is 9.95. The van der Waals surface area contributed by atoms with E-state index in [0.29, 0.717) is 17.8 Å². The Kier molecular flexibility index (Phi) is 6.41. The molecule has 0 radical (unpaired) electrons. The van der Waals surface area contributed by atoms with Crippen LogP contribution in [0.1, 0.15) is 21.5 Å². The van der Waals surface area contributed by atoms with Crippen LogP contribution >= 0.6 is 0 Å². The molecule has 0 saturated heterocycles. The van der Waals surface area contributed by atoms with Crippen LogP contribution in [0, 0.1) is 0 Å². The molecule has 5 aromatic rings. The molecule has 5 rings (SSSR count). The largest absolute Gasteiger partial charge is 0.344 e. The molecule has 7 heteroatoms. The summed E-state index contributed by atoms with van der Waals surface area (Å²) in [7, 11) is 4.17. The number of hydrogen-bond acceptors (Lipinski definition) is 4. The monoisotopic (exact) mass is 464 g/mol. The molecule has 2 aromatic carbocycles. The lowest BCUT2D eigenvalue weighted by atomic mass is 10.0. The topological polar surface area (TPSA) is 78.8 Å². The van der Waals surface area contributed by atoms with Crippen LogP contribution in [0.5, 0.6) is 0 Å². The van der Waals surface area contributed by atoms with Crippen molar-refractivity contribution in [2.24, 2.45) is 0 Å². The zero-order valence-corrected chi connectivity index (χ0v) is 19.9. The number of hydrogen-bond donors (Lipinski definition) is 2. The number of carbonyl (C=O) groups excluding carboxylic acids is 1. The van der Waals surface area contributed by atoms with E-state index in [9.17, 15) is 4.79 Å². The van der Waals surface area contributed by atoms with Crippen LogP contribution in [-0.2, 0) is 13.0 Å². The lowest BCUT2D eigenvalue weighted by Crippen LogP contribution is -2.14. The molecule has 3 heterocycles. The van der Waals surface area contributed by atoms with Gasteiger partial charge in [-0.1, -0.05) is 54.6 Å². The minimum absolute atomic E-state index is 0.208. The summed E-state index contributed by atoms with van der Waals surface area (Å²) in [6.45, 7) is 1.63. The number of aromatic amines is 1. The summed E-state index contributed by atoms with van der Waals surface area (Å²) in [5.74, 6) is -0.208. The number of pyridine rings is 1. The van der Waals surface area contributed by atoms with Gasteiger partial charge in [0, 0.05) is 36.1 Å². The van der Waals surface area contributed by atoms with Gasteiger partial charge in [0.2, 0.25) is 0 Å². The normalized spacial score (nSPS) is 11.3. The van der Waals surface area contributed by atoms with E-state index in [0.717, 1.165) is 40.7 Å². The van der Waals surface area contributed by atoms with E-state index in [-0.39, 0.29) is 5.91 Å². The summed E-state index contributed by atoms with van der Waals surface area (Å²) in [4.78, 5) is 22.8. The predicted octanol–water partition coefficient (Wildman–Crippen LogP) is 4.83. The third kappa shape index (κ3) is 5.31. The quantitative estimate of drug-likeness (QED) is 0.345. The Hall–Kier alpha value is -4.23. The number of nitrogens with zero attached hydrogens (tertiary/aromatic N) is 4. The van der Waals surface area contributed by atoms with Gasteiger partial charge in [0.05, 0.1) is 24.0 Å². The molecule has 0 atom stereocenters. The maximum atomic E-state index is 12.9. The fourth-order valence-corrected chi connectivity index (χ4v) is 4.01. The van der Waals surface area contributed by atoms with Gasteiger partial charge in [0.1, 0.15) is 5.65 Å². The first-order chi connectivity index (χ1) is 17.0. The Balaban J connectivity index is 1.31. The average Bonchev–Trinajstić information content (AvgIpc) is 3.51. The second-order valence-electron chi connectivity index (χ2n) is 8.94. The SMILES string of the molecule is CN(C)CCc1ccc(-c2cnc3[nH]cc(NC(=O)c4cnn(Cc5ccccc5)c4)c3c2)cc1. The Morgan fingerprint density at radius 2 is 1.80 bits per heavy atom. The summed E-state index contributed by atoms with van der Waals surface area (Å²) >= 11 is 0. The first-order valence-electron chi connectivity index (χ1n) is 11.6. The van der Waals surface area contributed by atoms with Gasteiger partial charge in [0.25, 0.3) is 5.91 Å². The van der Waals surface area contributed by atoms with Crippen molar-refractivity contribution in [3.63, 3.8) is 0 Å². The molecule has 2 N–H and O–H groups in total. The molecule has 7 nitrogen and oxygen atoms in total. The Bertz CT molecular complexity index is 1430. The van der Waals surface area contributed by atoms with Crippen LogP contribution in [0.2, 0.25) is 0 Å². The number of H-pyrrole nitrogens is 1. The molecule has 35 heavy (non-hydrogen) atoms. The van der Waals surface area contributed by atoms with E-state index in [4.69, 9.17) is 0 Å². The molecular formula is C28H28N6O. The van der Waals surface area contributed by atoms with Crippen molar-refractivity contribution < 1.29 is 4.79 Å².